The molecule has 2 heterocycles. The predicted molar refractivity (Wildman–Crippen MR) is 75.3 cm³/mol. The van der Waals surface area contributed by atoms with Crippen molar-refractivity contribution in [2.45, 2.75) is 19.4 Å². The van der Waals surface area contributed by atoms with Gasteiger partial charge in [0.15, 0.2) is 5.76 Å². The number of hydrogen-bond acceptors (Lipinski definition) is 3. The van der Waals surface area contributed by atoms with Crippen molar-refractivity contribution in [1.29, 1.82) is 0 Å². The van der Waals surface area contributed by atoms with Crippen LogP contribution in [0.15, 0.2) is 40.8 Å². The van der Waals surface area contributed by atoms with E-state index in [-0.39, 0.29) is 23.5 Å². The van der Waals surface area contributed by atoms with Crippen LogP contribution in [0.1, 0.15) is 45.2 Å². The maximum Gasteiger partial charge on any atom is 0.371 e. The van der Waals surface area contributed by atoms with Crippen molar-refractivity contribution in [2.24, 2.45) is 0 Å². The predicted octanol–water partition coefficient (Wildman–Crippen LogP) is 2.74. The van der Waals surface area contributed by atoms with E-state index in [1.807, 2.05) is 25.1 Å². The molecule has 3 rings (SSSR count). The van der Waals surface area contributed by atoms with Crippen LogP contribution in [0.25, 0.3) is 0 Å². The summed E-state index contributed by atoms with van der Waals surface area (Å²) >= 11 is 0. The van der Waals surface area contributed by atoms with Gasteiger partial charge in [-0.15, -0.1) is 0 Å². The zero-order valence-corrected chi connectivity index (χ0v) is 11.6. The number of hydrogen-bond donors (Lipinski definition) is 1. The number of carboxylic acid groups (broad SMARTS) is 1. The minimum absolute atomic E-state index is 0.0548. The number of rotatable bonds is 2. The monoisotopic (exact) mass is 285 g/mol. The molecule has 1 aromatic heterocycles. The number of aromatic carboxylic acids is 1. The third-order valence-corrected chi connectivity index (χ3v) is 3.88. The minimum Gasteiger partial charge on any atom is -0.475 e. The van der Waals surface area contributed by atoms with Crippen LogP contribution in [0.4, 0.5) is 0 Å². The molecule has 1 aromatic carbocycles. The fourth-order valence-electron chi connectivity index (χ4n) is 2.76. The zero-order valence-electron chi connectivity index (χ0n) is 11.6. The van der Waals surface area contributed by atoms with Gasteiger partial charge >= 0.3 is 5.97 Å². The second kappa shape index (κ2) is 5.09. The van der Waals surface area contributed by atoms with Crippen molar-refractivity contribution >= 4 is 11.9 Å². The summed E-state index contributed by atoms with van der Waals surface area (Å²) in [7, 11) is 0. The van der Waals surface area contributed by atoms with Crippen LogP contribution in [0.5, 0.6) is 0 Å². The molecule has 0 radical (unpaired) electrons. The number of carbonyl (C=O) groups excluding carboxylic acids is 1. The highest BCUT2D eigenvalue weighted by molar-refractivity contribution is 5.94. The summed E-state index contributed by atoms with van der Waals surface area (Å²) in [6.45, 7) is 2.57. The first-order valence-electron chi connectivity index (χ1n) is 6.80. The molecule has 1 aliphatic rings. The third kappa shape index (κ3) is 2.31. The van der Waals surface area contributed by atoms with Gasteiger partial charge in [-0.1, -0.05) is 24.3 Å². The number of carbonyl (C=O) groups is 2. The molecule has 1 aliphatic heterocycles. The lowest BCUT2D eigenvalue weighted by atomic mass is 9.93. The van der Waals surface area contributed by atoms with Gasteiger partial charge in [-0.2, -0.15) is 0 Å². The summed E-state index contributed by atoms with van der Waals surface area (Å²) in [6.07, 6.45) is 0.790. The second-order valence-corrected chi connectivity index (χ2v) is 5.09. The van der Waals surface area contributed by atoms with Crippen LogP contribution in [-0.2, 0) is 6.42 Å². The molecule has 1 amide bonds. The van der Waals surface area contributed by atoms with Gasteiger partial charge in [0.2, 0.25) is 5.76 Å². The Morgan fingerprint density at radius 2 is 1.90 bits per heavy atom. The molecule has 0 bridgehead atoms. The molecule has 0 saturated carbocycles. The van der Waals surface area contributed by atoms with E-state index in [0.29, 0.717) is 6.54 Å². The molecule has 0 fully saturated rings. The van der Waals surface area contributed by atoms with Crippen LogP contribution in [0.2, 0.25) is 0 Å². The van der Waals surface area contributed by atoms with E-state index in [0.717, 1.165) is 12.0 Å². The molecule has 108 valence electrons. The largest absolute Gasteiger partial charge is 0.475 e. The highest BCUT2D eigenvalue weighted by Gasteiger charge is 2.29. The van der Waals surface area contributed by atoms with Gasteiger partial charge in [0.25, 0.3) is 5.91 Å². The molecule has 0 aliphatic carbocycles. The first-order chi connectivity index (χ1) is 10.1. The van der Waals surface area contributed by atoms with Crippen molar-refractivity contribution in [1.82, 2.24) is 4.90 Å². The lowest BCUT2D eigenvalue weighted by Gasteiger charge is -2.34. The SMILES string of the molecule is CC1c2ccccc2CCN1C(=O)c1ccc(C(=O)O)o1. The molecule has 21 heavy (non-hydrogen) atoms. The van der Waals surface area contributed by atoms with Crippen molar-refractivity contribution in [2.75, 3.05) is 6.54 Å². The second-order valence-electron chi connectivity index (χ2n) is 5.09. The van der Waals surface area contributed by atoms with E-state index >= 15 is 0 Å². The lowest BCUT2D eigenvalue weighted by molar-refractivity contribution is 0.0621. The molecule has 1 unspecified atom stereocenters. The standard InChI is InChI=1S/C16H15NO4/c1-10-12-5-3-2-4-11(12)8-9-17(10)15(18)13-6-7-14(21-13)16(19)20/h2-7,10H,8-9H2,1H3,(H,19,20). The van der Waals surface area contributed by atoms with Crippen molar-refractivity contribution < 1.29 is 19.1 Å². The van der Waals surface area contributed by atoms with E-state index in [1.54, 1.807) is 4.90 Å². The first kappa shape index (κ1) is 13.4. The first-order valence-corrected chi connectivity index (χ1v) is 6.80. The fraction of sp³-hybridized carbons (Fsp3) is 0.250. The highest BCUT2D eigenvalue weighted by atomic mass is 16.4. The van der Waals surface area contributed by atoms with E-state index in [1.165, 1.54) is 17.7 Å². The summed E-state index contributed by atoms with van der Waals surface area (Å²) in [4.78, 5) is 25.0. The molecule has 0 saturated heterocycles. The smallest absolute Gasteiger partial charge is 0.371 e. The molecule has 5 heteroatoms. The maximum atomic E-state index is 12.5. The van der Waals surface area contributed by atoms with E-state index in [2.05, 4.69) is 6.07 Å². The maximum absolute atomic E-state index is 12.5. The molecule has 2 aromatic rings. The number of amides is 1. The van der Waals surface area contributed by atoms with E-state index in [4.69, 9.17) is 9.52 Å². The topological polar surface area (TPSA) is 70.8 Å². The van der Waals surface area contributed by atoms with Gasteiger partial charge in [-0.25, -0.2) is 4.79 Å². The average molecular weight is 285 g/mol. The van der Waals surface area contributed by atoms with Gasteiger partial charge in [0.05, 0.1) is 6.04 Å². The molecule has 5 nitrogen and oxygen atoms in total. The quantitative estimate of drug-likeness (QED) is 0.921. The van der Waals surface area contributed by atoms with Crippen LogP contribution in [0, 0.1) is 0 Å². The zero-order chi connectivity index (χ0) is 15.0. The normalized spacial score (nSPS) is 17.4. The number of carboxylic acids is 1. The number of nitrogens with zero attached hydrogens (tertiary/aromatic N) is 1. The Hall–Kier alpha value is -2.56. The van der Waals surface area contributed by atoms with E-state index < -0.39 is 5.97 Å². The van der Waals surface area contributed by atoms with Crippen LogP contribution >= 0.6 is 0 Å². The molecule has 0 spiro atoms. The van der Waals surface area contributed by atoms with Crippen molar-refractivity contribution in [3.8, 4) is 0 Å². The molecular formula is C16H15NO4. The van der Waals surface area contributed by atoms with Crippen molar-refractivity contribution in [3.05, 3.63) is 59.0 Å². The van der Waals surface area contributed by atoms with Crippen LogP contribution < -0.4 is 0 Å². The molecule has 1 N–H and O–H groups in total. The van der Waals surface area contributed by atoms with Gasteiger partial charge < -0.3 is 14.4 Å². The Bertz CT molecular complexity index is 704. The average Bonchev–Trinajstić information content (AvgIpc) is 2.97. The third-order valence-electron chi connectivity index (χ3n) is 3.88. The Kier molecular flexibility index (Phi) is 3.25. The van der Waals surface area contributed by atoms with Gasteiger partial charge in [-0.05, 0) is 36.6 Å². The summed E-state index contributed by atoms with van der Waals surface area (Å²) < 4.78 is 5.11. The van der Waals surface area contributed by atoms with E-state index in [9.17, 15) is 9.59 Å². The minimum atomic E-state index is -1.17. The number of fused-ring (bicyclic) bond motifs is 1. The van der Waals surface area contributed by atoms with Gasteiger partial charge in [0.1, 0.15) is 0 Å². The summed E-state index contributed by atoms with van der Waals surface area (Å²) in [5.41, 5.74) is 2.38. The summed E-state index contributed by atoms with van der Waals surface area (Å²) in [5, 5.41) is 8.85. The Balaban J connectivity index is 1.87. The van der Waals surface area contributed by atoms with Crippen LogP contribution in [0.3, 0.4) is 0 Å². The number of benzene rings is 1. The number of furan rings is 1. The highest BCUT2D eigenvalue weighted by Crippen LogP contribution is 2.30. The Morgan fingerprint density at radius 1 is 1.19 bits per heavy atom. The molecule has 1 atom stereocenters. The van der Waals surface area contributed by atoms with Gasteiger partial charge in [0, 0.05) is 6.54 Å². The van der Waals surface area contributed by atoms with Gasteiger partial charge in [-0.3, -0.25) is 4.79 Å². The molecular weight excluding hydrogens is 270 g/mol. The lowest BCUT2D eigenvalue weighted by Crippen LogP contribution is -2.38. The Morgan fingerprint density at radius 3 is 2.62 bits per heavy atom. The van der Waals surface area contributed by atoms with Crippen LogP contribution in [-0.4, -0.2) is 28.4 Å². The summed E-state index contributed by atoms with van der Waals surface area (Å²) in [5.74, 6) is -1.60. The Labute approximate surface area is 121 Å². The fourth-order valence-corrected chi connectivity index (χ4v) is 2.76. The van der Waals surface area contributed by atoms with Crippen molar-refractivity contribution in [3.63, 3.8) is 0 Å². The summed E-state index contributed by atoms with van der Waals surface area (Å²) in [6, 6.07) is 10.7.